The topological polar surface area (TPSA) is 81.1 Å². The number of benzene rings is 1. The lowest BCUT2D eigenvalue weighted by Crippen LogP contribution is -2.18. The van der Waals surface area contributed by atoms with Crippen LogP contribution in [-0.2, 0) is 11.2 Å². The molecule has 0 fully saturated rings. The van der Waals surface area contributed by atoms with E-state index in [-0.39, 0.29) is 11.0 Å². The van der Waals surface area contributed by atoms with Crippen LogP contribution in [0.1, 0.15) is 12.0 Å². The molecule has 0 saturated heterocycles. The summed E-state index contributed by atoms with van der Waals surface area (Å²) in [6.45, 7) is 0. The second-order valence-corrected chi connectivity index (χ2v) is 3.59. The molecule has 1 rings (SSSR count). The summed E-state index contributed by atoms with van der Waals surface area (Å²) < 4.78 is 0. The van der Waals surface area contributed by atoms with E-state index in [0.29, 0.717) is 12.8 Å². The van der Waals surface area contributed by atoms with Gasteiger partial charge in [0.2, 0.25) is 5.91 Å². The molecule has 0 aliphatic heterocycles. The summed E-state index contributed by atoms with van der Waals surface area (Å²) in [6.07, 6.45) is 1.02. The number of thiocarbonyl (C=S) groups is 1. The van der Waals surface area contributed by atoms with Gasteiger partial charge in [-0.1, -0.05) is 12.1 Å². The van der Waals surface area contributed by atoms with Crippen LogP contribution >= 0.6 is 12.2 Å². The van der Waals surface area contributed by atoms with E-state index in [0.717, 1.165) is 11.3 Å². The number of nitrogens with two attached hydrogens (primary N) is 2. The molecule has 4 nitrogen and oxygen atoms in total. The Morgan fingerprint density at radius 2 is 1.87 bits per heavy atom. The third kappa shape index (κ3) is 4.42. The number of carbonyl (C=O) groups is 1. The highest BCUT2D eigenvalue weighted by molar-refractivity contribution is 7.80. The van der Waals surface area contributed by atoms with E-state index < -0.39 is 0 Å². The van der Waals surface area contributed by atoms with Crippen molar-refractivity contribution >= 4 is 28.9 Å². The van der Waals surface area contributed by atoms with Crippen LogP contribution in [0.3, 0.4) is 0 Å². The molecule has 0 atom stereocenters. The third-order valence-corrected chi connectivity index (χ3v) is 1.98. The van der Waals surface area contributed by atoms with Gasteiger partial charge in [0.05, 0.1) is 0 Å². The highest BCUT2D eigenvalue weighted by atomic mass is 32.1. The standard InChI is InChI=1S/C10H13N3OS/c11-9(14)6-3-7-1-4-8(5-2-7)13-10(12)15/h1-2,4-5H,3,6H2,(H2,11,14)(H3,12,13,15). The maximum absolute atomic E-state index is 10.6. The number of amides is 1. The fourth-order valence-electron chi connectivity index (χ4n) is 1.16. The highest BCUT2D eigenvalue weighted by Gasteiger charge is 1.98. The van der Waals surface area contributed by atoms with E-state index in [9.17, 15) is 4.79 Å². The number of aryl methyl sites for hydroxylation is 1. The van der Waals surface area contributed by atoms with Crippen molar-refractivity contribution in [1.82, 2.24) is 0 Å². The Bertz CT molecular complexity index is 361. The smallest absolute Gasteiger partial charge is 0.217 e. The van der Waals surface area contributed by atoms with Crippen molar-refractivity contribution in [2.24, 2.45) is 11.5 Å². The van der Waals surface area contributed by atoms with E-state index in [4.69, 9.17) is 23.7 Å². The second kappa shape index (κ2) is 5.31. The minimum absolute atomic E-state index is 0.236. The van der Waals surface area contributed by atoms with Crippen LogP contribution in [0.25, 0.3) is 0 Å². The minimum atomic E-state index is -0.291. The van der Waals surface area contributed by atoms with Crippen molar-refractivity contribution < 1.29 is 4.79 Å². The largest absolute Gasteiger partial charge is 0.376 e. The highest BCUT2D eigenvalue weighted by Crippen LogP contribution is 2.10. The molecule has 0 spiro atoms. The van der Waals surface area contributed by atoms with E-state index in [1.54, 1.807) is 0 Å². The molecule has 1 aromatic carbocycles. The Morgan fingerprint density at radius 1 is 1.27 bits per heavy atom. The molecule has 0 aliphatic carbocycles. The number of carbonyl (C=O) groups excluding carboxylic acids is 1. The molecule has 1 aromatic rings. The zero-order valence-electron chi connectivity index (χ0n) is 8.19. The summed E-state index contributed by atoms with van der Waals surface area (Å²) in [5, 5.41) is 3.05. The fourth-order valence-corrected chi connectivity index (χ4v) is 1.28. The predicted molar refractivity (Wildman–Crippen MR) is 64.4 cm³/mol. The fraction of sp³-hybridized carbons (Fsp3) is 0.200. The normalized spacial score (nSPS) is 9.60. The molecule has 0 aromatic heterocycles. The van der Waals surface area contributed by atoms with E-state index in [1.165, 1.54) is 0 Å². The quantitative estimate of drug-likeness (QED) is 0.658. The first kappa shape index (κ1) is 11.5. The Labute approximate surface area is 93.6 Å². The summed E-state index contributed by atoms with van der Waals surface area (Å²) in [5.74, 6) is -0.291. The van der Waals surface area contributed by atoms with Crippen LogP contribution in [0.15, 0.2) is 24.3 Å². The Hall–Kier alpha value is -1.62. The molecular formula is C10H13N3OS. The zero-order chi connectivity index (χ0) is 11.3. The van der Waals surface area contributed by atoms with Crippen molar-refractivity contribution in [2.45, 2.75) is 12.8 Å². The molecule has 0 bridgehead atoms. The first-order valence-electron chi connectivity index (χ1n) is 4.51. The lowest BCUT2D eigenvalue weighted by molar-refractivity contribution is -0.117. The first-order chi connectivity index (χ1) is 7.08. The predicted octanol–water partition coefficient (Wildman–Crippen LogP) is 0.760. The number of hydrogen-bond donors (Lipinski definition) is 3. The van der Waals surface area contributed by atoms with Gasteiger partial charge in [-0.2, -0.15) is 0 Å². The van der Waals surface area contributed by atoms with Crippen LogP contribution in [-0.4, -0.2) is 11.0 Å². The summed E-state index contributed by atoms with van der Waals surface area (Å²) in [4.78, 5) is 10.6. The second-order valence-electron chi connectivity index (χ2n) is 3.15. The molecule has 0 heterocycles. The van der Waals surface area contributed by atoms with Gasteiger partial charge >= 0.3 is 0 Å². The Balaban J connectivity index is 2.56. The monoisotopic (exact) mass is 223 g/mol. The Morgan fingerprint density at radius 3 is 2.33 bits per heavy atom. The van der Waals surface area contributed by atoms with Gasteiger partial charge < -0.3 is 16.8 Å². The lowest BCUT2D eigenvalue weighted by atomic mass is 10.1. The van der Waals surface area contributed by atoms with Gasteiger partial charge in [0, 0.05) is 12.1 Å². The molecule has 15 heavy (non-hydrogen) atoms. The van der Waals surface area contributed by atoms with E-state index >= 15 is 0 Å². The van der Waals surface area contributed by atoms with Gasteiger partial charge in [0.15, 0.2) is 5.11 Å². The van der Waals surface area contributed by atoms with Crippen LogP contribution in [0.2, 0.25) is 0 Å². The molecule has 0 aliphatic rings. The number of rotatable bonds is 4. The summed E-state index contributed by atoms with van der Waals surface area (Å²) in [5.41, 5.74) is 12.3. The van der Waals surface area contributed by atoms with Crippen LogP contribution in [0.5, 0.6) is 0 Å². The zero-order valence-corrected chi connectivity index (χ0v) is 9.01. The summed E-state index contributed by atoms with van der Waals surface area (Å²) >= 11 is 4.70. The number of primary amides is 1. The lowest BCUT2D eigenvalue weighted by Gasteiger charge is -2.04. The minimum Gasteiger partial charge on any atom is -0.376 e. The van der Waals surface area contributed by atoms with Crippen LogP contribution in [0, 0.1) is 0 Å². The Kier molecular flexibility index (Phi) is 4.05. The molecular weight excluding hydrogens is 210 g/mol. The molecule has 1 amide bonds. The van der Waals surface area contributed by atoms with Gasteiger partial charge in [-0.05, 0) is 36.3 Å². The van der Waals surface area contributed by atoms with Crippen molar-refractivity contribution in [2.75, 3.05) is 5.32 Å². The summed E-state index contributed by atoms with van der Waals surface area (Å²) in [7, 11) is 0. The van der Waals surface area contributed by atoms with Crippen LogP contribution in [0.4, 0.5) is 5.69 Å². The average Bonchev–Trinajstić information content (AvgIpc) is 2.16. The van der Waals surface area contributed by atoms with Crippen LogP contribution < -0.4 is 16.8 Å². The molecule has 0 saturated carbocycles. The maximum Gasteiger partial charge on any atom is 0.217 e. The van der Waals surface area contributed by atoms with Gasteiger partial charge in [0.25, 0.3) is 0 Å². The maximum atomic E-state index is 10.6. The SMILES string of the molecule is NC(=O)CCc1ccc(NC(N)=S)cc1. The van der Waals surface area contributed by atoms with Gasteiger partial charge in [0.1, 0.15) is 0 Å². The van der Waals surface area contributed by atoms with Gasteiger partial charge in [-0.3, -0.25) is 4.79 Å². The number of anilines is 1. The van der Waals surface area contributed by atoms with Crippen molar-refractivity contribution in [3.8, 4) is 0 Å². The molecule has 5 heteroatoms. The van der Waals surface area contributed by atoms with E-state index in [2.05, 4.69) is 5.32 Å². The van der Waals surface area contributed by atoms with Gasteiger partial charge in [-0.15, -0.1) is 0 Å². The third-order valence-electron chi connectivity index (χ3n) is 1.88. The molecule has 0 unspecified atom stereocenters. The molecule has 80 valence electrons. The van der Waals surface area contributed by atoms with E-state index in [1.807, 2.05) is 24.3 Å². The first-order valence-corrected chi connectivity index (χ1v) is 4.92. The van der Waals surface area contributed by atoms with Crippen molar-refractivity contribution in [3.63, 3.8) is 0 Å². The average molecular weight is 223 g/mol. The van der Waals surface area contributed by atoms with Gasteiger partial charge in [-0.25, -0.2) is 0 Å². The molecule has 0 radical (unpaired) electrons. The summed E-state index contributed by atoms with van der Waals surface area (Å²) in [6, 6.07) is 7.53. The van der Waals surface area contributed by atoms with Crippen molar-refractivity contribution in [1.29, 1.82) is 0 Å². The van der Waals surface area contributed by atoms with Crippen molar-refractivity contribution in [3.05, 3.63) is 29.8 Å². The number of nitrogens with one attached hydrogen (secondary N) is 1. The molecule has 5 N–H and O–H groups in total. The number of hydrogen-bond acceptors (Lipinski definition) is 2.